The summed E-state index contributed by atoms with van der Waals surface area (Å²) >= 11 is 1.47. The van der Waals surface area contributed by atoms with Crippen LogP contribution in [0.15, 0.2) is 21.0 Å². The summed E-state index contributed by atoms with van der Waals surface area (Å²) in [5.41, 5.74) is 1.39. The Morgan fingerprint density at radius 1 is 1.38 bits per heavy atom. The molecular formula is C16H16N6O3S. The molecular weight excluding hydrogens is 356 g/mol. The minimum atomic E-state index is -0.480. The van der Waals surface area contributed by atoms with Gasteiger partial charge in [0.25, 0.3) is 11.5 Å². The van der Waals surface area contributed by atoms with Crippen LogP contribution in [0, 0.1) is 13.8 Å². The fraction of sp³-hybridized carbons (Fsp3) is 0.375. The number of aryl methyl sites for hydroxylation is 2. The van der Waals surface area contributed by atoms with Gasteiger partial charge < -0.3 is 9.88 Å². The van der Waals surface area contributed by atoms with Crippen molar-refractivity contribution in [1.29, 1.82) is 0 Å². The van der Waals surface area contributed by atoms with Gasteiger partial charge in [0.05, 0.1) is 11.0 Å². The second-order valence-corrected chi connectivity index (χ2v) is 7.18. The Labute approximate surface area is 152 Å². The molecule has 0 spiro atoms. The van der Waals surface area contributed by atoms with Crippen LogP contribution >= 0.6 is 11.3 Å². The Morgan fingerprint density at radius 2 is 2.23 bits per heavy atom. The smallest absolute Gasteiger partial charge is 0.264 e. The zero-order valence-corrected chi connectivity index (χ0v) is 15.0. The van der Waals surface area contributed by atoms with Gasteiger partial charge in [-0.2, -0.15) is 0 Å². The third-order valence-corrected chi connectivity index (χ3v) is 5.18. The molecule has 26 heavy (non-hydrogen) atoms. The molecule has 1 atom stereocenters. The first-order valence-corrected chi connectivity index (χ1v) is 9.04. The Kier molecular flexibility index (Phi) is 4.11. The fourth-order valence-electron chi connectivity index (χ4n) is 3.14. The molecule has 1 unspecified atom stereocenters. The number of carbonyl (C=O) groups is 1. The van der Waals surface area contributed by atoms with Crippen molar-refractivity contribution < 1.29 is 9.42 Å². The number of hydrogen-bond donors (Lipinski definition) is 1. The van der Waals surface area contributed by atoms with E-state index in [4.69, 9.17) is 4.63 Å². The third kappa shape index (κ3) is 2.81. The average Bonchev–Trinajstić information content (AvgIpc) is 3.34. The molecule has 1 saturated heterocycles. The normalized spacial score (nSPS) is 17.0. The van der Waals surface area contributed by atoms with Crippen molar-refractivity contribution >= 4 is 17.2 Å². The largest absolute Gasteiger partial charge is 0.330 e. The van der Waals surface area contributed by atoms with E-state index in [1.165, 1.54) is 17.5 Å². The lowest BCUT2D eigenvalue weighted by Gasteiger charge is -2.22. The van der Waals surface area contributed by atoms with Crippen LogP contribution in [-0.2, 0) is 0 Å². The number of nitrogens with zero attached hydrogens (tertiary/aromatic N) is 5. The maximum atomic E-state index is 12.9. The summed E-state index contributed by atoms with van der Waals surface area (Å²) in [5.74, 6) is -0.0184. The summed E-state index contributed by atoms with van der Waals surface area (Å²) in [4.78, 5) is 38.2. The number of aromatic nitrogens is 5. The van der Waals surface area contributed by atoms with Gasteiger partial charge in [-0.05, 0) is 26.7 Å². The number of hydrogen-bond acceptors (Lipinski definition) is 8. The molecule has 4 heterocycles. The van der Waals surface area contributed by atoms with Crippen molar-refractivity contribution in [3.8, 4) is 11.5 Å². The van der Waals surface area contributed by atoms with Crippen LogP contribution in [0.3, 0.4) is 0 Å². The highest BCUT2D eigenvalue weighted by molar-refractivity contribution is 7.09. The molecule has 1 amide bonds. The molecule has 0 aromatic carbocycles. The molecule has 0 saturated carbocycles. The molecule has 1 aliphatic heterocycles. The number of carbonyl (C=O) groups excluding carboxylic acids is 1. The van der Waals surface area contributed by atoms with E-state index in [1.54, 1.807) is 11.8 Å². The van der Waals surface area contributed by atoms with Gasteiger partial charge in [0, 0.05) is 18.1 Å². The molecule has 9 nitrogen and oxygen atoms in total. The van der Waals surface area contributed by atoms with E-state index >= 15 is 0 Å². The summed E-state index contributed by atoms with van der Waals surface area (Å²) in [6, 6.07) is -0.242. The van der Waals surface area contributed by atoms with Gasteiger partial charge in [0.2, 0.25) is 0 Å². The predicted octanol–water partition coefficient (Wildman–Crippen LogP) is 1.87. The zero-order chi connectivity index (χ0) is 18.3. The first kappa shape index (κ1) is 16.6. The van der Waals surface area contributed by atoms with E-state index in [2.05, 4.69) is 25.3 Å². The van der Waals surface area contributed by atoms with Crippen LogP contribution in [0.4, 0.5) is 0 Å². The Bertz CT molecular complexity index is 1020. The number of aromatic amines is 1. The van der Waals surface area contributed by atoms with Crippen molar-refractivity contribution in [3.63, 3.8) is 0 Å². The highest BCUT2D eigenvalue weighted by Gasteiger charge is 2.35. The van der Waals surface area contributed by atoms with Gasteiger partial charge in [-0.15, -0.1) is 11.3 Å². The van der Waals surface area contributed by atoms with E-state index in [0.29, 0.717) is 29.5 Å². The minimum absolute atomic E-state index is 0.00158. The molecule has 4 rings (SSSR count). The maximum absolute atomic E-state index is 12.9. The predicted molar refractivity (Wildman–Crippen MR) is 92.7 cm³/mol. The number of thiazole rings is 1. The van der Waals surface area contributed by atoms with Gasteiger partial charge in [0.15, 0.2) is 5.82 Å². The highest BCUT2D eigenvalue weighted by Crippen LogP contribution is 2.32. The summed E-state index contributed by atoms with van der Waals surface area (Å²) in [7, 11) is 0. The van der Waals surface area contributed by atoms with E-state index in [9.17, 15) is 9.59 Å². The van der Waals surface area contributed by atoms with Crippen molar-refractivity contribution in [2.45, 2.75) is 32.7 Å². The lowest BCUT2D eigenvalue weighted by atomic mass is 10.1. The Morgan fingerprint density at radius 3 is 2.88 bits per heavy atom. The van der Waals surface area contributed by atoms with Gasteiger partial charge in [-0.3, -0.25) is 9.59 Å². The number of amides is 1. The second kappa shape index (κ2) is 6.45. The van der Waals surface area contributed by atoms with Crippen LogP contribution < -0.4 is 5.56 Å². The molecule has 134 valence electrons. The first-order chi connectivity index (χ1) is 12.5. The molecule has 10 heteroatoms. The SMILES string of the molecule is Cc1nc(-c2ncc(C(=O)N3CCCC3c3nonc3C)c(=O)[nH]2)cs1. The number of nitrogens with one attached hydrogen (secondary N) is 1. The summed E-state index contributed by atoms with van der Waals surface area (Å²) < 4.78 is 4.76. The van der Waals surface area contributed by atoms with Crippen LogP contribution in [0.5, 0.6) is 0 Å². The van der Waals surface area contributed by atoms with Crippen molar-refractivity contribution in [1.82, 2.24) is 30.2 Å². The summed E-state index contributed by atoms with van der Waals surface area (Å²) in [6.45, 7) is 4.20. The molecule has 0 radical (unpaired) electrons. The van der Waals surface area contributed by atoms with Crippen LogP contribution in [0.2, 0.25) is 0 Å². The maximum Gasteiger partial charge on any atom is 0.264 e. The van der Waals surface area contributed by atoms with Crippen molar-refractivity contribution in [2.24, 2.45) is 0 Å². The molecule has 1 aliphatic rings. The third-order valence-electron chi connectivity index (χ3n) is 4.41. The standard InChI is InChI=1S/C16H16N6O3S/c1-8-13(21-25-20-8)12-4-3-5-22(12)16(24)10-6-17-14(19-15(10)23)11-7-26-9(2)18-11/h6-7,12H,3-5H2,1-2H3,(H,17,19,23). The lowest BCUT2D eigenvalue weighted by molar-refractivity contribution is 0.0728. The van der Waals surface area contributed by atoms with E-state index in [-0.39, 0.29) is 17.5 Å². The average molecular weight is 372 g/mol. The fourth-order valence-corrected chi connectivity index (χ4v) is 3.74. The molecule has 1 fully saturated rings. The van der Waals surface area contributed by atoms with Crippen molar-refractivity contribution in [3.05, 3.63) is 43.9 Å². The molecule has 0 bridgehead atoms. The van der Waals surface area contributed by atoms with Crippen molar-refractivity contribution in [2.75, 3.05) is 6.54 Å². The molecule has 3 aromatic heterocycles. The van der Waals surface area contributed by atoms with Gasteiger partial charge in [0.1, 0.15) is 22.6 Å². The number of likely N-dealkylation sites (tertiary alicyclic amines) is 1. The second-order valence-electron chi connectivity index (χ2n) is 6.12. The first-order valence-electron chi connectivity index (χ1n) is 8.16. The van der Waals surface area contributed by atoms with E-state index in [1.807, 2.05) is 12.3 Å². The molecule has 1 N–H and O–H groups in total. The lowest BCUT2D eigenvalue weighted by Crippen LogP contribution is -2.35. The van der Waals surface area contributed by atoms with E-state index in [0.717, 1.165) is 17.8 Å². The van der Waals surface area contributed by atoms with Crippen LogP contribution in [0.1, 0.15) is 45.6 Å². The Balaban J connectivity index is 1.64. The van der Waals surface area contributed by atoms with Gasteiger partial charge in [-0.25, -0.2) is 14.6 Å². The van der Waals surface area contributed by atoms with Gasteiger partial charge in [-0.1, -0.05) is 10.3 Å². The summed E-state index contributed by atoms with van der Waals surface area (Å²) in [5, 5.41) is 10.4. The van der Waals surface area contributed by atoms with Crippen LogP contribution in [-0.4, -0.2) is 42.6 Å². The monoisotopic (exact) mass is 372 g/mol. The molecule has 3 aromatic rings. The highest BCUT2D eigenvalue weighted by atomic mass is 32.1. The van der Waals surface area contributed by atoms with Crippen LogP contribution in [0.25, 0.3) is 11.5 Å². The Hall–Kier alpha value is -2.88. The zero-order valence-electron chi connectivity index (χ0n) is 14.2. The van der Waals surface area contributed by atoms with E-state index < -0.39 is 5.56 Å². The number of rotatable bonds is 3. The van der Waals surface area contributed by atoms with Gasteiger partial charge >= 0.3 is 0 Å². The quantitative estimate of drug-likeness (QED) is 0.745. The molecule has 0 aliphatic carbocycles. The summed E-state index contributed by atoms with van der Waals surface area (Å²) in [6.07, 6.45) is 2.89. The number of H-pyrrole nitrogens is 1. The minimum Gasteiger partial charge on any atom is -0.330 e. The topological polar surface area (TPSA) is 118 Å².